The van der Waals surface area contributed by atoms with Gasteiger partial charge in [-0.3, -0.25) is 9.59 Å². The first kappa shape index (κ1) is 7.35. The second-order valence-corrected chi connectivity index (χ2v) is 4.54. The van der Waals surface area contributed by atoms with E-state index in [4.69, 9.17) is 10.2 Å². The highest BCUT2D eigenvalue weighted by molar-refractivity contribution is 5.86. The van der Waals surface area contributed by atoms with Gasteiger partial charge in [-0.05, 0) is 30.6 Å². The largest absolute Gasteiger partial charge is 0.481 e. The molecule has 0 heterocycles. The smallest absolute Gasteiger partial charge is 0.310 e. The van der Waals surface area contributed by atoms with Gasteiger partial charge >= 0.3 is 11.9 Å². The fraction of sp³-hybridized carbons (Fsp3) is 0.778. The molecule has 70 valence electrons. The summed E-state index contributed by atoms with van der Waals surface area (Å²) in [6.07, 6.45) is 1.43. The second-order valence-electron chi connectivity index (χ2n) is 4.54. The molecule has 4 aliphatic rings. The molecule has 5 unspecified atom stereocenters. The zero-order chi connectivity index (χ0) is 9.38. The van der Waals surface area contributed by atoms with Crippen LogP contribution in [0.1, 0.15) is 12.8 Å². The zero-order valence-electron chi connectivity index (χ0n) is 6.93. The van der Waals surface area contributed by atoms with Crippen molar-refractivity contribution in [2.75, 3.05) is 0 Å². The molecule has 4 saturated carbocycles. The van der Waals surface area contributed by atoms with Crippen LogP contribution in [0.5, 0.6) is 0 Å². The van der Waals surface area contributed by atoms with Crippen LogP contribution in [0.25, 0.3) is 0 Å². The molecular weight excluding hydrogens is 172 g/mol. The van der Waals surface area contributed by atoms with Crippen molar-refractivity contribution in [3.8, 4) is 0 Å². The van der Waals surface area contributed by atoms with E-state index in [1.165, 1.54) is 0 Å². The van der Waals surface area contributed by atoms with Crippen molar-refractivity contribution >= 4 is 11.9 Å². The Morgan fingerprint density at radius 1 is 1.31 bits per heavy atom. The van der Waals surface area contributed by atoms with E-state index in [2.05, 4.69) is 0 Å². The maximum Gasteiger partial charge on any atom is 0.310 e. The molecule has 4 bridgehead atoms. The maximum atomic E-state index is 11.0. The summed E-state index contributed by atoms with van der Waals surface area (Å²) in [7, 11) is 0. The molecule has 4 rings (SSSR count). The van der Waals surface area contributed by atoms with Crippen LogP contribution in [-0.4, -0.2) is 22.2 Å². The van der Waals surface area contributed by atoms with Gasteiger partial charge in [-0.2, -0.15) is 0 Å². The Balaban J connectivity index is 1.98. The van der Waals surface area contributed by atoms with Crippen molar-refractivity contribution in [3.05, 3.63) is 0 Å². The lowest BCUT2D eigenvalue weighted by molar-refractivity contribution is -0.144. The number of carboxylic acid groups (broad SMARTS) is 2. The van der Waals surface area contributed by atoms with Gasteiger partial charge in [-0.25, -0.2) is 0 Å². The highest BCUT2D eigenvalue weighted by Crippen LogP contribution is 2.81. The molecule has 0 amide bonds. The molecule has 13 heavy (non-hydrogen) atoms. The topological polar surface area (TPSA) is 74.6 Å². The van der Waals surface area contributed by atoms with Crippen molar-refractivity contribution in [2.45, 2.75) is 12.8 Å². The summed E-state index contributed by atoms with van der Waals surface area (Å²) in [5.74, 6) is -1.65. The number of carbonyl (C=O) groups is 2. The van der Waals surface area contributed by atoms with Crippen molar-refractivity contribution in [1.82, 2.24) is 0 Å². The van der Waals surface area contributed by atoms with Gasteiger partial charge in [0.15, 0.2) is 0 Å². The van der Waals surface area contributed by atoms with Gasteiger partial charge in [0.2, 0.25) is 0 Å². The molecule has 2 N–H and O–H groups in total. The average molecular weight is 182 g/mol. The van der Waals surface area contributed by atoms with E-state index >= 15 is 0 Å². The number of hydrogen-bond acceptors (Lipinski definition) is 2. The van der Waals surface area contributed by atoms with Gasteiger partial charge in [-0.1, -0.05) is 0 Å². The van der Waals surface area contributed by atoms with Gasteiger partial charge < -0.3 is 10.2 Å². The van der Waals surface area contributed by atoms with Crippen LogP contribution in [0, 0.1) is 29.1 Å². The molecule has 0 aromatic heterocycles. The quantitative estimate of drug-likeness (QED) is 0.649. The minimum atomic E-state index is -0.793. The Kier molecular flexibility index (Phi) is 0.983. The first-order chi connectivity index (χ1) is 6.09. The highest BCUT2D eigenvalue weighted by Gasteiger charge is 2.83. The van der Waals surface area contributed by atoms with Crippen molar-refractivity contribution < 1.29 is 19.8 Å². The third kappa shape index (κ3) is 0.548. The lowest BCUT2D eigenvalue weighted by Gasteiger charge is -2.06. The monoisotopic (exact) mass is 182 g/mol. The third-order valence-electron chi connectivity index (χ3n) is 4.32. The fourth-order valence-electron chi connectivity index (χ4n) is 3.92. The molecule has 0 saturated heterocycles. The number of hydrogen-bond donors (Lipinski definition) is 2. The molecule has 4 fully saturated rings. The molecule has 0 spiro atoms. The lowest BCUT2D eigenvalue weighted by Crippen LogP contribution is -2.18. The summed E-state index contributed by atoms with van der Waals surface area (Å²) in [5, 5.41) is 17.9. The third-order valence-corrected chi connectivity index (χ3v) is 4.32. The minimum absolute atomic E-state index is 0.0486. The predicted octanol–water partition coefficient (Wildman–Crippen LogP) is 0.428. The minimum Gasteiger partial charge on any atom is -0.481 e. The second kappa shape index (κ2) is 1.74. The van der Waals surface area contributed by atoms with Crippen LogP contribution in [0.4, 0.5) is 0 Å². The van der Waals surface area contributed by atoms with Gasteiger partial charge in [-0.15, -0.1) is 0 Å². The molecule has 4 aliphatic carbocycles. The Labute approximate surface area is 74.6 Å². The molecule has 4 heteroatoms. The van der Waals surface area contributed by atoms with Gasteiger partial charge in [0.1, 0.15) is 0 Å². The van der Waals surface area contributed by atoms with Crippen LogP contribution in [0.15, 0.2) is 0 Å². The molecular formula is C9H10O4. The maximum absolute atomic E-state index is 11.0. The van der Waals surface area contributed by atoms with Crippen molar-refractivity contribution in [1.29, 1.82) is 0 Å². The van der Waals surface area contributed by atoms with Crippen molar-refractivity contribution in [3.63, 3.8) is 0 Å². The number of rotatable bonds is 2. The molecule has 4 nitrogen and oxygen atoms in total. The first-order valence-corrected chi connectivity index (χ1v) is 4.55. The van der Waals surface area contributed by atoms with Crippen LogP contribution in [0.2, 0.25) is 0 Å². The summed E-state index contributed by atoms with van der Waals surface area (Å²) in [6, 6.07) is 0. The van der Waals surface area contributed by atoms with Gasteiger partial charge in [0.25, 0.3) is 0 Å². The Morgan fingerprint density at radius 2 is 2.00 bits per heavy atom. The molecule has 5 atom stereocenters. The summed E-state index contributed by atoms with van der Waals surface area (Å²) >= 11 is 0. The van der Waals surface area contributed by atoms with E-state index in [9.17, 15) is 9.59 Å². The number of carboxylic acids is 2. The van der Waals surface area contributed by atoms with Gasteiger partial charge in [0, 0.05) is 0 Å². The van der Waals surface area contributed by atoms with E-state index in [0.717, 1.165) is 6.42 Å². The van der Waals surface area contributed by atoms with E-state index in [1.54, 1.807) is 0 Å². The van der Waals surface area contributed by atoms with Crippen LogP contribution >= 0.6 is 0 Å². The SMILES string of the molecule is O=C(O)C1C2CC3C1C3(C(=O)O)C2. The number of aliphatic carboxylic acids is 2. The van der Waals surface area contributed by atoms with E-state index < -0.39 is 17.4 Å². The van der Waals surface area contributed by atoms with Crippen molar-refractivity contribution in [2.24, 2.45) is 29.1 Å². The highest BCUT2D eigenvalue weighted by atomic mass is 16.4. The normalized spacial score (nSPS) is 55.1. The lowest BCUT2D eigenvalue weighted by atomic mass is 9.99. The predicted molar refractivity (Wildman–Crippen MR) is 40.9 cm³/mol. The Bertz CT molecular complexity index is 324. The summed E-state index contributed by atoms with van der Waals surface area (Å²) in [4.78, 5) is 21.8. The summed E-state index contributed by atoms with van der Waals surface area (Å²) < 4.78 is 0. The average Bonchev–Trinajstić information content (AvgIpc) is 2.50. The summed E-state index contributed by atoms with van der Waals surface area (Å²) in [6.45, 7) is 0. The van der Waals surface area contributed by atoms with Crippen LogP contribution in [0.3, 0.4) is 0 Å². The molecule has 0 aromatic carbocycles. The van der Waals surface area contributed by atoms with Crippen LogP contribution < -0.4 is 0 Å². The summed E-state index contributed by atoms with van der Waals surface area (Å²) in [5.41, 5.74) is -0.617. The molecule has 0 aliphatic heterocycles. The van der Waals surface area contributed by atoms with Gasteiger partial charge in [0.05, 0.1) is 11.3 Å². The Hall–Kier alpha value is -1.06. The molecule has 0 aromatic rings. The Morgan fingerprint density at radius 3 is 2.31 bits per heavy atom. The zero-order valence-corrected chi connectivity index (χ0v) is 6.93. The van der Waals surface area contributed by atoms with E-state index in [0.29, 0.717) is 6.42 Å². The first-order valence-electron chi connectivity index (χ1n) is 4.55. The van der Waals surface area contributed by atoms with E-state index in [1.807, 2.05) is 0 Å². The fourth-order valence-corrected chi connectivity index (χ4v) is 3.92. The van der Waals surface area contributed by atoms with E-state index in [-0.39, 0.29) is 23.7 Å². The standard InChI is InChI=1S/C9H10O4/c10-7(11)5-3-1-4-6(5)9(4,2-3)8(12)13/h3-6H,1-2H2,(H,10,11)(H,12,13). The molecule has 0 radical (unpaired) electrons. The van der Waals surface area contributed by atoms with Crippen LogP contribution in [-0.2, 0) is 9.59 Å².